The molecular weight excluding hydrogens is 238 g/mol. The molecule has 4 nitrogen and oxygen atoms in total. The van der Waals surface area contributed by atoms with Crippen LogP contribution in [0.3, 0.4) is 0 Å². The van der Waals surface area contributed by atoms with Crippen LogP contribution in [0.2, 0.25) is 0 Å². The molecule has 19 heavy (non-hydrogen) atoms. The fraction of sp³-hybridized carbons (Fsp3) is 0.933. The van der Waals surface area contributed by atoms with Crippen molar-refractivity contribution in [2.24, 2.45) is 11.7 Å². The summed E-state index contributed by atoms with van der Waals surface area (Å²) in [6.45, 7) is 12.5. The van der Waals surface area contributed by atoms with Crippen molar-refractivity contribution < 1.29 is 4.79 Å². The van der Waals surface area contributed by atoms with Crippen LogP contribution >= 0.6 is 0 Å². The first-order valence-electron chi connectivity index (χ1n) is 7.83. The molecule has 2 atom stereocenters. The van der Waals surface area contributed by atoms with Crippen molar-refractivity contribution in [3.63, 3.8) is 0 Å². The van der Waals surface area contributed by atoms with Gasteiger partial charge < -0.3 is 15.5 Å². The van der Waals surface area contributed by atoms with E-state index in [1.165, 1.54) is 0 Å². The number of nitrogens with zero attached hydrogens (tertiary/aromatic N) is 2. The van der Waals surface area contributed by atoms with Crippen LogP contribution in [0.1, 0.15) is 47.0 Å². The molecule has 0 unspecified atom stereocenters. The lowest BCUT2D eigenvalue weighted by Crippen LogP contribution is -2.52. The monoisotopic (exact) mass is 269 g/mol. The number of hydrogen-bond acceptors (Lipinski definition) is 3. The Labute approximate surface area is 118 Å². The van der Waals surface area contributed by atoms with Crippen molar-refractivity contribution in [2.75, 3.05) is 26.2 Å². The lowest BCUT2D eigenvalue weighted by Gasteiger charge is -2.39. The highest BCUT2D eigenvalue weighted by molar-refractivity contribution is 5.82. The average molecular weight is 269 g/mol. The summed E-state index contributed by atoms with van der Waals surface area (Å²) in [5.41, 5.74) is 6.05. The average Bonchev–Trinajstić information content (AvgIpc) is 2.47. The van der Waals surface area contributed by atoms with Crippen LogP contribution in [0.25, 0.3) is 0 Å². The third-order valence-electron chi connectivity index (χ3n) is 4.65. The molecule has 0 aromatic heterocycles. The molecule has 1 saturated heterocycles. The van der Waals surface area contributed by atoms with Gasteiger partial charge in [0.25, 0.3) is 0 Å². The van der Waals surface area contributed by atoms with E-state index in [1.54, 1.807) is 0 Å². The van der Waals surface area contributed by atoms with Crippen LogP contribution in [-0.2, 0) is 4.79 Å². The molecule has 1 fully saturated rings. The van der Waals surface area contributed by atoms with Gasteiger partial charge in [0.15, 0.2) is 0 Å². The Hall–Kier alpha value is -0.610. The van der Waals surface area contributed by atoms with Crippen molar-refractivity contribution in [3.8, 4) is 0 Å². The Morgan fingerprint density at radius 3 is 2.21 bits per heavy atom. The second-order valence-corrected chi connectivity index (χ2v) is 5.69. The molecule has 1 aliphatic rings. The minimum Gasteiger partial charge on any atom is -0.341 e. The molecule has 4 heteroatoms. The third kappa shape index (κ3) is 4.18. The number of hydrogen-bond donors (Lipinski definition) is 1. The number of carbonyl (C=O) groups excluding carboxylic acids is 1. The van der Waals surface area contributed by atoms with Crippen molar-refractivity contribution in [1.29, 1.82) is 0 Å². The predicted molar refractivity (Wildman–Crippen MR) is 80.0 cm³/mol. The lowest BCUT2D eigenvalue weighted by atomic mass is 9.96. The Morgan fingerprint density at radius 2 is 1.79 bits per heavy atom. The molecule has 0 spiro atoms. The zero-order chi connectivity index (χ0) is 14.4. The van der Waals surface area contributed by atoms with Gasteiger partial charge in [-0.3, -0.25) is 4.79 Å². The van der Waals surface area contributed by atoms with E-state index in [-0.39, 0.29) is 17.9 Å². The number of nitrogens with two attached hydrogens (primary N) is 1. The summed E-state index contributed by atoms with van der Waals surface area (Å²) in [5.74, 6) is 0.417. The minimum atomic E-state index is -0.324. The van der Waals surface area contributed by atoms with Crippen molar-refractivity contribution in [3.05, 3.63) is 0 Å². The molecule has 1 heterocycles. The summed E-state index contributed by atoms with van der Waals surface area (Å²) in [6, 6.07) is 0.314. The van der Waals surface area contributed by atoms with Gasteiger partial charge in [0.1, 0.15) is 0 Å². The van der Waals surface area contributed by atoms with E-state index in [9.17, 15) is 4.79 Å². The summed E-state index contributed by atoms with van der Waals surface area (Å²) in [6.07, 6.45) is 3.13. The second-order valence-electron chi connectivity index (χ2n) is 5.69. The molecule has 0 bridgehead atoms. The highest BCUT2D eigenvalue weighted by Gasteiger charge is 2.29. The van der Waals surface area contributed by atoms with Crippen LogP contribution in [0, 0.1) is 5.92 Å². The zero-order valence-electron chi connectivity index (χ0n) is 13.1. The predicted octanol–water partition coefficient (Wildman–Crippen LogP) is 1.69. The van der Waals surface area contributed by atoms with Gasteiger partial charge >= 0.3 is 0 Å². The van der Waals surface area contributed by atoms with Crippen molar-refractivity contribution in [1.82, 2.24) is 9.80 Å². The molecule has 0 aromatic carbocycles. The van der Waals surface area contributed by atoms with E-state index in [2.05, 4.69) is 32.6 Å². The topological polar surface area (TPSA) is 49.6 Å². The number of carbonyl (C=O) groups is 1. The summed E-state index contributed by atoms with van der Waals surface area (Å²) in [4.78, 5) is 16.8. The molecule has 2 N–H and O–H groups in total. The van der Waals surface area contributed by atoms with Gasteiger partial charge in [-0.15, -0.1) is 0 Å². The molecule has 1 amide bonds. The first kappa shape index (κ1) is 16.4. The normalized spacial score (nSPS) is 20.6. The number of likely N-dealkylation sites (tertiary alicyclic amines) is 1. The van der Waals surface area contributed by atoms with Crippen molar-refractivity contribution >= 4 is 5.91 Å². The highest BCUT2D eigenvalue weighted by atomic mass is 16.2. The van der Waals surface area contributed by atoms with Gasteiger partial charge in [-0.2, -0.15) is 0 Å². The van der Waals surface area contributed by atoms with E-state index in [1.807, 2.05) is 4.90 Å². The van der Waals surface area contributed by atoms with Crippen LogP contribution in [0.4, 0.5) is 0 Å². The van der Waals surface area contributed by atoms with Gasteiger partial charge in [-0.25, -0.2) is 0 Å². The summed E-state index contributed by atoms with van der Waals surface area (Å²) in [5, 5.41) is 0. The number of amides is 1. The van der Waals surface area contributed by atoms with Crippen LogP contribution < -0.4 is 5.73 Å². The second kappa shape index (κ2) is 7.85. The molecule has 1 rings (SSSR count). The summed E-state index contributed by atoms with van der Waals surface area (Å²) < 4.78 is 0. The molecule has 0 radical (unpaired) electrons. The molecule has 112 valence electrons. The maximum atomic E-state index is 12.3. The number of piperidine rings is 1. The van der Waals surface area contributed by atoms with Crippen LogP contribution in [0.15, 0.2) is 0 Å². The summed E-state index contributed by atoms with van der Waals surface area (Å²) in [7, 11) is 0. The maximum absolute atomic E-state index is 12.3. The van der Waals surface area contributed by atoms with Gasteiger partial charge in [0.2, 0.25) is 5.91 Å². The Balaban J connectivity index is 2.47. The van der Waals surface area contributed by atoms with E-state index in [4.69, 9.17) is 5.73 Å². The molecule has 0 aliphatic carbocycles. The van der Waals surface area contributed by atoms with Crippen LogP contribution in [0.5, 0.6) is 0 Å². The van der Waals surface area contributed by atoms with E-state index < -0.39 is 0 Å². The largest absolute Gasteiger partial charge is 0.341 e. The van der Waals surface area contributed by atoms with Gasteiger partial charge in [-0.1, -0.05) is 34.1 Å². The molecule has 0 aromatic rings. The van der Waals surface area contributed by atoms with E-state index in [0.717, 1.165) is 45.4 Å². The Bertz CT molecular complexity index is 271. The molecule has 1 aliphatic heterocycles. The zero-order valence-corrected chi connectivity index (χ0v) is 13.1. The number of rotatable bonds is 6. The van der Waals surface area contributed by atoms with Gasteiger partial charge in [0, 0.05) is 19.1 Å². The maximum Gasteiger partial charge on any atom is 0.239 e. The standard InChI is InChI=1S/C15H31N3O/c1-5-12(4)14(16)15(19)18-10-8-13(9-11-18)17(6-2)7-3/h12-14H,5-11,16H2,1-4H3/t12-,14-/m0/s1. The lowest BCUT2D eigenvalue weighted by molar-refractivity contribution is -0.135. The van der Waals surface area contributed by atoms with Gasteiger partial charge in [0.05, 0.1) is 6.04 Å². The van der Waals surface area contributed by atoms with Crippen molar-refractivity contribution in [2.45, 2.75) is 59.0 Å². The quantitative estimate of drug-likeness (QED) is 0.798. The first-order valence-corrected chi connectivity index (χ1v) is 7.83. The Kier molecular flexibility index (Phi) is 6.80. The smallest absolute Gasteiger partial charge is 0.239 e. The van der Waals surface area contributed by atoms with Gasteiger partial charge in [-0.05, 0) is 31.8 Å². The molecular formula is C15H31N3O. The van der Waals surface area contributed by atoms with E-state index in [0.29, 0.717) is 6.04 Å². The third-order valence-corrected chi connectivity index (χ3v) is 4.65. The van der Waals surface area contributed by atoms with E-state index >= 15 is 0 Å². The fourth-order valence-corrected chi connectivity index (χ4v) is 2.90. The Morgan fingerprint density at radius 1 is 1.26 bits per heavy atom. The van der Waals surface area contributed by atoms with Crippen LogP contribution in [-0.4, -0.2) is 54.0 Å². The first-order chi connectivity index (χ1) is 9.04. The highest BCUT2D eigenvalue weighted by Crippen LogP contribution is 2.18. The SMILES string of the molecule is CC[C@H](C)[C@H](N)C(=O)N1CCC(N(CC)CC)CC1. The summed E-state index contributed by atoms with van der Waals surface area (Å²) >= 11 is 0. The minimum absolute atomic E-state index is 0.146. The fourth-order valence-electron chi connectivity index (χ4n) is 2.90. The molecule has 0 saturated carbocycles.